The molecule has 0 spiro atoms. The second-order valence-electron chi connectivity index (χ2n) is 7.25. The first kappa shape index (κ1) is 18.4. The number of aromatic nitrogens is 1. The summed E-state index contributed by atoms with van der Waals surface area (Å²) in [7, 11) is 0. The average molecular weight is 405 g/mol. The largest absolute Gasteiger partial charge is 0.478 e. The van der Waals surface area contributed by atoms with Crippen molar-refractivity contribution in [1.82, 2.24) is 4.98 Å². The molecule has 0 saturated carbocycles. The number of nitrogens with zero attached hydrogens (tertiary/aromatic N) is 1. The van der Waals surface area contributed by atoms with Crippen LogP contribution in [0.25, 0.3) is 33.3 Å². The van der Waals surface area contributed by atoms with Crippen molar-refractivity contribution < 1.29 is 23.1 Å². The van der Waals surface area contributed by atoms with E-state index in [9.17, 15) is 23.1 Å². The van der Waals surface area contributed by atoms with Gasteiger partial charge in [-0.3, -0.25) is 0 Å². The van der Waals surface area contributed by atoms with Crippen LogP contribution in [0.1, 0.15) is 21.5 Å². The number of aryl methyl sites for hydroxylation is 1. The zero-order chi connectivity index (χ0) is 21.0. The number of carboxylic acids is 1. The number of benzene rings is 3. The van der Waals surface area contributed by atoms with Crippen molar-refractivity contribution in [3.8, 4) is 22.4 Å². The van der Waals surface area contributed by atoms with E-state index in [1.165, 1.54) is 36.4 Å². The fraction of sp³-hybridized carbons (Fsp3) is 0.0833. The lowest BCUT2D eigenvalue weighted by Gasteiger charge is -2.22. The summed E-state index contributed by atoms with van der Waals surface area (Å²) in [4.78, 5) is 16.6. The van der Waals surface area contributed by atoms with E-state index in [-0.39, 0.29) is 16.5 Å². The summed E-state index contributed by atoms with van der Waals surface area (Å²) >= 11 is 0. The number of halogens is 3. The number of carbonyl (C=O) groups is 1. The van der Waals surface area contributed by atoms with Gasteiger partial charge in [0.1, 0.15) is 17.5 Å². The summed E-state index contributed by atoms with van der Waals surface area (Å²) < 4.78 is 42.2. The first-order valence-electron chi connectivity index (χ1n) is 9.37. The molecule has 0 fully saturated rings. The van der Waals surface area contributed by atoms with Gasteiger partial charge in [-0.2, -0.15) is 0 Å². The minimum atomic E-state index is -1.14. The third-order valence-corrected chi connectivity index (χ3v) is 5.52. The highest BCUT2D eigenvalue weighted by molar-refractivity contribution is 6.06. The first-order chi connectivity index (χ1) is 14.4. The Bertz CT molecular complexity index is 1340. The Morgan fingerprint density at radius 2 is 1.70 bits per heavy atom. The Balaban J connectivity index is 1.74. The van der Waals surface area contributed by atoms with Gasteiger partial charge in [-0.05, 0) is 59.9 Å². The van der Waals surface area contributed by atoms with Crippen LogP contribution in [0.3, 0.4) is 0 Å². The highest BCUT2D eigenvalue weighted by Crippen LogP contribution is 2.39. The number of hydrogen-bond acceptors (Lipinski definition) is 2. The van der Waals surface area contributed by atoms with Crippen LogP contribution in [0.4, 0.5) is 13.2 Å². The average Bonchev–Trinajstić information content (AvgIpc) is 2.71. The van der Waals surface area contributed by atoms with Crippen LogP contribution in [-0.2, 0) is 12.8 Å². The maximum Gasteiger partial charge on any atom is 0.336 e. The van der Waals surface area contributed by atoms with Gasteiger partial charge in [-0.1, -0.05) is 24.3 Å². The summed E-state index contributed by atoms with van der Waals surface area (Å²) in [5.41, 5.74) is 3.33. The predicted octanol–water partition coefficient (Wildman–Crippen LogP) is 5.78. The molecule has 30 heavy (non-hydrogen) atoms. The van der Waals surface area contributed by atoms with Crippen molar-refractivity contribution in [3.05, 3.63) is 88.7 Å². The van der Waals surface area contributed by atoms with Crippen LogP contribution >= 0.6 is 0 Å². The van der Waals surface area contributed by atoms with Crippen molar-refractivity contribution in [2.45, 2.75) is 12.8 Å². The molecule has 1 aliphatic carbocycles. The Kier molecular flexibility index (Phi) is 4.10. The van der Waals surface area contributed by atoms with Crippen molar-refractivity contribution in [2.75, 3.05) is 0 Å². The second-order valence-corrected chi connectivity index (χ2v) is 7.25. The van der Waals surface area contributed by atoms with Crippen LogP contribution in [-0.4, -0.2) is 16.1 Å². The van der Waals surface area contributed by atoms with E-state index in [0.717, 1.165) is 5.56 Å². The zero-order valence-electron chi connectivity index (χ0n) is 15.5. The summed E-state index contributed by atoms with van der Waals surface area (Å²) in [5.74, 6) is -2.96. The van der Waals surface area contributed by atoms with Crippen LogP contribution in [0.5, 0.6) is 0 Å². The molecular weight excluding hydrogens is 391 g/mol. The number of rotatable bonds is 2. The molecule has 0 saturated heterocycles. The fourth-order valence-electron chi connectivity index (χ4n) is 4.21. The van der Waals surface area contributed by atoms with Gasteiger partial charge in [-0.15, -0.1) is 0 Å². The van der Waals surface area contributed by atoms with Crippen LogP contribution in [0.15, 0.2) is 54.6 Å². The van der Waals surface area contributed by atoms with E-state index >= 15 is 0 Å². The van der Waals surface area contributed by atoms with Gasteiger partial charge in [-0.25, -0.2) is 22.9 Å². The molecule has 0 amide bonds. The van der Waals surface area contributed by atoms with Crippen molar-refractivity contribution in [3.63, 3.8) is 0 Å². The Morgan fingerprint density at radius 1 is 0.933 bits per heavy atom. The van der Waals surface area contributed by atoms with E-state index in [4.69, 9.17) is 0 Å². The lowest BCUT2D eigenvalue weighted by atomic mass is 9.84. The number of aromatic carboxylic acids is 1. The van der Waals surface area contributed by atoms with Gasteiger partial charge in [0.05, 0.1) is 22.3 Å². The number of hydrogen-bond donors (Lipinski definition) is 1. The maximum absolute atomic E-state index is 14.2. The Morgan fingerprint density at radius 3 is 2.43 bits per heavy atom. The molecule has 0 aliphatic heterocycles. The summed E-state index contributed by atoms with van der Waals surface area (Å²) in [6.07, 6.45) is 0.863. The minimum absolute atomic E-state index is 0.0457. The van der Waals surface area contributed by atoms with Crippen molar-refractivity contribution in [1.29, 1.82) is 0 Å². The van der Waals surface area contributed by atoms with Gasteiger partial charge < -0.3 is 5.11 Å². The summed E-state index contributed by atoms with van der Waals surface area (Å²) in [6, 6.07) is 12.6. The summed E-state index contributed by atoms with van der Waals surface area (Å²) in [6.45, 7) is 0. The van der Waals surface area contributed by atoms with Crippen LogP contribution in [0.2, 0.25) is 0 Å². The second kappa shape index (κ2) is 6.69. The highest BCUT2D eigenvalue weighted by Gasteiger charge is 2.26. The van der Waals surface area contributed by atoms with Crippen LogP contribution < -0.4 is 0 Å². The predicted molar refractivity (Wildman–Crippen MR) is 107 cm³/mol. The van der Waals surface area contributed by atoms with Gasteiger partial charge in [0, 0.05) is 10.9 Å². The molecule has 3 aromatic carbocycles. The maximum atomic E-state index is 14.2. The van der Waals surface area contributed by atoms with E-state index < -0.39 is 23.4 Å². The highest BCUT2D eigenvalue weighted by atomic mass is 19.1. The third-order valence-electron chi connectivity index (χ3n) is 5.52. The number of pyridine rings is 1. The monoisotopic (exact) mass is 405 g/mol. The molecule has 1 aromatic heterocycles. The molecule has 0 unspecified atom stereocenters. The lowest BCUT2D eigenvalue weighted by Crippen LogP contribution is -2.13. The molecule has 5 rings (SSSR count). The van der Waals surface area contributed by atoms with E-state index in [2.05, 4.69) is 4.98 Å². The number of carboxylic acid groups (broad SMARTS) is 1. The Labute approximate surface area is 169 Å². The molecule has 0 atom stereocenters. The smallest absolute Gasteiger partial charge is 0.336 e. The molecule has 4 aromatic rings. The Hall–Kier alpha value is -3.67. The van der Waals surface area contributed by atoms with Crippen molar-refractivity contribution >= 4 is 16.9 Å². The van der Waals surface area contributed by atoms with Gasteiger partial charge in [0.25, 0.3) is 0 Å². The van der Waals surface area contributed by atoms with Gasteiger partial charge in [0.2, 0.25) is 0 Å². The quantitative estimate of drug-likeness (QED) is 0.460. The molecule has 148 valence electrons. The van der Waals surface area contributed by atoms with Gasteiger partial charge in [0.15, 0.2) is 0 Å². The first-order valence-corrected chi connectivity index (χ1v) is 9.37. The molecule has 6 heteroatoms. The SMILES string of the molecule is O=C(O)c1c2c(nc3ccc(F)cc13)-c1ccc(-c3c(F)cccc3F)cc1CC2. The fourth-order valence-corrected chi connectivity index (χ4v) is 4.21. The standard InChI is InChI=1S/C24H14F3NO2/c25-14-6-9-20-17(11-14)22(24(29)30)16-8-4-12-10-13(5-7-15(12)23(16)28-20)21-18(26)2-1-3-19(21)27/h1-3,5-7,9-11H,4,8H2,(H,29,30). The van der Waals surface area contributed by atoms with E-state index in [0.29, 0.717) is 40.7 Å². The van der Waals surface area contributed by atoms with E-state index in [1.54, 1.807) is 18.2 Å². The molecule has 0 bridgehead atoms. The normalized spacial score (nSPS) is 12.5. The molecular formula is C24H14F3NO2. The van der Waals surface area contributed by atoms with Gasteiger partial charge >= 0.3 is 5.97 Å². The van der Waals surface area contributed by atoms with Crippen molar-refractivity contribution in [2.24, 2.45) is 0 Å². The molecule has 0 radical (unpaired) electrons. The molecule has 1 heterocycles. The molecule has 1 aliphatic rings. The lowest BCUT2D eigenvalue weighted by molar-refractivity contribution is 0.0698. The number of fused-ring (bicyclic) bond motifs is 4. The molecule has 3 nitrogen and oxygen atoms in total. The third kappa shape index (κ3) is 2.76. The topological polar surface area (TPSA) is 50.2 Å². The van der Waals surface area contributed by atoms with E-state index in [1.807, 2.05) is 0 Å². The minimum Gasteiger partial charge on any atom is -0.478 e. The zero-order valence-corrected chi connectivity index (χ0v) is 15.5. The summed E-state index contributed by atoms with van der Waals surface area (Å²) in [5, 5.41) is 10.1. The van der Waals surface area contributed by atoms with Crippen LogP contribution in [0, 0.1) is 17.5 Å². The molecule has 1 N–H and O–H groups in total.